The molecule has 9 nitrogen and oxygen atoms in total. The van der Waals surface area contributed by atoms with Gasteiger partial charge in [-0.3, -0.25) is 19.5 Å². The average Bonchev–Trinajstić information content (AvgIpc) is 3.29. The van der Waals surface area contributed by atoms with E-state index in [4.69, 9.17) is 10.5 Å². The number of anilines is 2. The number of benzene rings is 2. The van der Waals surface area contributed by atoms with Gasteiger partial charge in [0.15, 0.2) is 5.65 Å². The van der Waals surface area contributed by atoms with Crippen molar-refractivity contribution in [2.75, 3.05) is 37.9 Å². The van der Waals surface area contributed by atoms with Crippen LogP contribution in [0.5, 0.6) is 0 Å². The van der Waals surface area contributed by atoms with Crippen LogP contribution in [-0.4, -0.2) is 58.1 Å². The van der Waals surface area contributed by atoms with Gasteiger partial charge in [-0.25, -0.2) is 9.97 Å². The highest BCUT2D eigenvalue weighted by Crippen LogP contribution is 2.29. The minimum absolute atomic E-state index is 0.0507. The van der Waals surface area contributed by atoms with Crippen LogP contribution in [0.4, 0.5) is 11.6 Å². The van der Waals surface area contributed by atoms with Crippen LogP contribution in [0.2, 0.25) is 0 Å². The zero-order valence-electron chi connectivity index (χ0n) is 21.5. The third kappa shape index (κ3) is 5.52. The molecule has 0 bridgehead atoms. The van der Waals surface area contributed by atoms with E-state index in [-0.39, 0.29) is 11.8 Å². The lowest BCUT2D eigenvalue weighted by molar-refractivity contribution is 0.0712. The van der Waals surface area contributed by atoms with E-state index >= 15 is 0 Å². The van der Waals surface area contributed by atoms with Crippen molar-refractivity contribution in [1.82, 2.24) is 19.4 Å². The summed E-state index contributed by atoms with van der Waals surface area (Å²) in [4.78, 5) is 37.4. The summed E-state index contributed by atoms with van der Waals surface area (Å²) in [5.41, 5.74) is 9.75. The van der Waals surface area contributed by atoms with Crippen LogP contribution in [0.25, 0.3) is 11.2 Å². The lowest BCUT2D eigenvalue weighted by Crippen LogP contribution is -2.38. The molecular weight excluding hydrogens is 480 g/mol. The summed E-state index contributed by atoms with van der Waals surface area (Å²) < 4.78 is 7.05. The van der Waals surface area contributed by atoms with Crippen LogP contribution >= 0.6 is 0 Å². The molecular formula is C29H32N6O3. The molecule has 0 radical (unpaired) electrons. The Morgan fingerprint density at radius 1 is 1.05 bits per heavy atom. The highest BCUT2D eigenvalue weighted by molar-refractivity contribution is 6.04. The first-order chi connectivity index (χ1) is 18.5. The molecule has 196 valence electrons. The monoisotopic (exact) mass is 512 g/mol. The van der Waals surface area contributed by atoms with Gasteiger partial charge >= 0.3 is 0 Å². The molecule has 3 heterocycles. The molecule has 1 aliphatic rings. The van der Waals surface area contributed by atoms with Crippen LogP contribution in [0, 0.1) is 0 Å². The Kier molecular flexibility index (Phi) is 7.65. The molecule has 0 atom stereocenters. The van der Waals surface area contributed by atoms with Crippen molar-refractivity contribution < 1.29 is 14.3 Å². The number of aryl methyl sites for hydroxylation is 1. The second-order valence-electron chi connectivity index (χ2n) is 9.56. The van der Waals surface area contributed by atoms with Gasteiger partial charge in [0.1, 0.15) is 5.52 Å². The summed E-state index contributed by atoms with van der Waals surface area (Å²) in [5.74, 6) is 0.461. The van der Waals surface area contributed by atoms with Crippen LogP contribution in [0.15, 0.2) is 66.9 Å². The Labute approximate surface area is 221 Å². The molecule has 2 aromatic heterocycles. The number of nitrogens with two attached hydrogens (primary N) is 1. The molecule has 0 aliphatic carbocycles. The number of rotatable bonds is 8. The summed E-state index contributed by atoms with van der Waals surface area (Å²) in [6.07, 6.45) is 4.17. The van der Waals surface area contributed by atoms with Crippen molar-refractivity contribution in [2.24, 2.45) is 0 Å². The van der Waals surface area contributed by atoms with E-state index in [9.17, 15) is 9.59 Å². The molecule has 0 unspecified atom stereocenters. The number of piperidine rings is 1. The van der Waals surface area contributed by atoms with Crippen molar-refractivity contribution in [3.05, 3.63) is 83.6 Å². The number of carbonyl (C=O) groups is 2. The smallest absolute Gasteiger partial charge is 0.258 e. The maximum atomic E-state index is 13.3. The van der Waals surface area contributed by atoms with Crippen LogP contribution in [0.3, 0.4) is 0 Å². The number of amides is 2. The number of nitrogens with one attached hydrogen (secondary N) is 1. The molecule has 2 amide bonds. The number of carbonyl (C=O) groups excluding carboxylic acids is 2. The van der Waals surface area contributed by atoms with Crippen molar-refractivity contribution in [3.63, 3.8) is 0 Å². The molecule has 5 rings (SSSR count). The second-order valence-corrected chi connectivity index (χ2v) is 9.56. The standard InChI is InChI=1S/C29H32N6O3/c1-38-16-6-13-35-26-25(32-29(35)33-27(36)22-9-5-10-24(30)17-22)18-23(19-31-26)28(37)34-14-11-21(12-15-34)20-7-3-2-4-8-20/h2-5,7-10,17-19,21H,6,11-16,30H2,1H3,(H,32,33,36). The minimum atomic E-state index is -0.321. The van der Waals surface area contributed by atoms with Crippen LogP contribution < -0.4 is 11.1 Å². The number of nitrogen functional groups attached to an aromatic ring is 1. The van der Waals surface area contributed by atoms with Gasteiger partial charge in [-0.1, -0.05) is 36.4 Å². The van der Waals surface area contributed by atoms with Crippen molar-refractivity contribution >= 4 is 34.6 Å². The quantitative estimate of drug-likeness (QED) is 0.268. The Balaban J connectivity index is 1.35. The highest BCUT2D eigenvalue weighted by Gasteiger charge is 2.25. The third-order valence-electron chi connectivity index (χ3n) is 6.99. The number of methoxy groups -OCH3 is 1. The van der Waals surface area contributed by atoms with E-state index in [0.717, 1.165) is 12.8 Å². The summed E-state index contributed by atoms with van der Waals surface area (Å²) in [6.45, 7) is 2.49. The lowest BCUT2D eigenvalue weighted by Gasteiger charge is -2.32. The number of likely N-dealkylation sites (tertiary alicyclic amines) is 1. The molecule has 2 aromatic carbocycles. The van der Waals surface area contributed by atoms with Crippen LogP contribution in [0.1, 0.15) is 51.5 Å². The maximum Gasteiger partial charge on any atom is 0.258 e. The Morgan fingerprint density at radius 2 is 1.84 bits per heavy atom. The second kappa shape index (κ2) is 11.4. The Bertz CT molecular complexity index is 1430. The summed E-state index contributed by atoms with van der Waals surface area (Å²) in [7, 11) is 1.65. The summed E-state index contributed by atoms with van der Waals surface area (Å²) in [5, 5.41) is 2.88. The van der Waals surface area contributed by atoms with Crippen molar-refractivity contribution in [1.29, 1.82) is 0 Å². The zero-order chi connectivity index (χ0) is 26.5. The van der Waals surface area contributed by atoms with E-state index in [0.29, 0.717) is 72.5 Å². The first-order valence-electron chi connectivity index (χ1n) is 12.9. The Morgan fingerprint density at radius 3 is 2.58 bits per heavy atom. The number of ether oxygens (including phenoxy) is 1. The predicted molar refractivity (Wildman–Crippen MR) is 147 cm³/mol. The maximum absolute atomic E-state index is 13.3. The predicted octanol–water partition coefficient (Wildman–Crippen LogP) is 4.32. The van der Waals surface area contributed by atoms with Gasteiger partial charge in [-0.05, 0) is 55.0 Å². The van der Waals surface area contributed by atoms with Gasteiger partial charge in [0.2, 0.25) is 5.95 Å². The average molecular weight is 513 g/mol. The fourth-order valence-corrected chi connectivity index (χ4v) is 4.98. The third-order valence-corrected chi connectivity index (χ3v) is 6.99. The number of fused-ring (bicyclic) bond motifs is 1. The van der Waals surface area contributed by atoms with Crippen molar-refractivity contribution in [3.8, 4) is 0 Å². The van der Waals surface area contributed by atoms with E-state index < -0.39 is 0 Å². The first kappa shape index (κ1) is 25.4. The Hall–Kier alpha value is -4.24. The fourth-order valence-electron chi connectivity index (χ4n) is 4.98. The normalized spacial score (nSPS) is 14.1. The van der Waals surface area contributed by atoms with Crippen LogP contribution in [-0.2, 0) is 11.3 Å². The molecule has 3 N–H and O–H groups in total. The number of imidazole rings is 1. The molecule has 0 spiro atoms. The fraction of sp³-hybridized carbons (Fsp3) is 0.310. The lowest BCUT2D eigenvalue weighted by atomic mass is 9.89. The minimum Gasteiger partial charge on any atom is -0.399 e. The van der Waals surface area contributed by atoms with Gasteiger partial charge in [-0.2, -0.15) is 0 Å². The topological polar surface area (TPSA) is 115 Å². The van der Waals surface area contributed by atoms with Gasteiger partial charge in [0, 0.05) is 50.8 Å². The van der Waals surface area contributed by atoms with E-state index in [2.05, 4.69) is 39.6 Å². The van der Waals surface area contributed by atoms with E-state index in [1.165, 1.54) is 5.56 Å². The molecule has 1 saturated heterocycles. The molecule has 1 aliphatic heterocycles. The van der Waals surface area contributed by atoms with Gasteiger partial charge < -0.3 is 15.4 Å². The van der Waals surface area contributed by atoms with E-state index in [1.807, 2.05) is 15.5 Å². The number of hydrogen-bond acceptors (Lipinski definition) is 6. The highest BCUT2D eigenvalue weighted by atomic mass is 16.5. The first-order valence-corrected chi connectivity index (χ1v) is 12.9. The molecule has 1 fully saturated rings. The summed E-state index contributed by atoms with van der Waals surface area (Å²) >= 11 is 0. The van der Waals surface area contributed by atoms with Gasteiger partial charge in [0.25, 0.3) is 11.8 Å². The largest absolute Gasteiger partial charge is 0.399 e. The number of pyridine rings is 1. The molecule has 0 saturated carbocycles. The van der Waals surface area contributed by atoms with E-state index in [1.54, 1.807) is 43.6 Å². The number of nitrogens with zero attached hydrogens (tertiary/aromatic N) is 4. The molecule has 9 heteroatoms. The summed E-state index contributed by atoms with van der Waals surface area (Å²) in [6, 6.07) is 19.0. The van der Waals surface area contributed by atoms with Gasteiger partial charge in [-0.15, -0.1) is 0 Å². The molecule has 38 heavy (non-hydrogen) atoms. The molecule has 4 aromatic rings. The van der Waals surface area contributed by atoms with Crippen molar-refractivity contribution in [2.45, 2.75) is 31.7 Å². The SMILES string of the molecule is COCCCn1c(NC(=O)c2cccc(N)c2)nc2cc(C(=O)N3CCC(c4ccccc4)CC3)cnc21. The van der Waals surface area contributed by atoms with Gasteiger partial charge in [0.05, 0.1) is 5.56 Å². The number of hydrogen-bond donors (Lipinski definition) is 2. The number of aromatic nitrogens is 3. The zero-order valence-corrected chi connectivity index (χ0v) is 21.5.